The number of aryl methyl sites for hydroxylation is 1. The number of nitrogens with zero attached hydrogens (tertiary/aromatic N) is 1. The summed E-state index contributed by atoms with van der Waals surface area (Å²) in [5.74, 6) is 0.665. The molecule has 19 heavy (non-hydrogen) atoms. The zero-order chi connectivity index (χ0) is 14.0. The highest BCUT2D eigenvalue weighted by Crippen LogP contribution is 2.38. The van der Waals surface area contributed by atoms with Crippen molar-refractivity contribution in [2.75, 3.05) is 0 Å². The molecule has 0 bridgehead atoms. The van der Waals surface area contributed by atoms with Gasteiger partial charge in [-0.2, -0.15) is 0 Å². The number of rotatable bonds is 3. The minimum atomic E-state index is -0.551. The van der Waals surface area contributed by atoms with Crippen molar-refractivity contribution in [1.29, 1.82) is 0 Å². The van der Waals surface area contributed by atoms with E-state index in [1.165, 1.54) is 12.1 Å². The van der Waals surface area contributed by atoms with Crippen LogP contribution < -0.4 is 4.74 Å². The van der Waals surface area contributed by atoms with Crippen LogP contribution in [0.25, 0.3) is 0 Å². The molecule has 2 aromatic rings. The second kappa shape index (κ2) is 5.59. The molecule has 0 aliphatic rings. The average molecular weight is 343 g/mol. The Kier molecular flexibility index (Phi) is 4.07. The van der Waals surface area contributed by atoms with Gasteiger partial charge in [0, 0.05) is 4.47 Å². The maximum Gasteiger partial charge on any atom is 0.329 e. The summed E-state index contributed by atoms with van der Waals surface area (Å²) in [5.41, 5.74) is 0.640. The lowest BCUT2D eigenvalue weighted by Crippen LogP contribution is -1.95. The van der Waals surface area contributed by atoms with Crippen LogP contribution in [-0.4, -0.2) is 4.92 Å². The van der Waals surface area contributed by atoms with Crippen molar-refractivity contribution in [3.05, 3.63) is 61.6 Å². The Balaban J connectivity index is 2.46. The molecular formula is C13H9BrClNO3. The van der Waals surface area contributed by atoms with Gasteiger partial charge in [-0.05, 0) is 36.8 Å². The van der Waals surface area contributed by atoms with E-state index in [0.717, 1.165) is 10.0 Å². The molecule has 0 N–H and O–H groups in total. The first-order chi connectivity index (χ1) is 8.99. The lowest BCUT2D eigenvalue weighted by molar-refractivity contribution is -0.385. The highest BCUT2D eigenvalue weighted by atomic mass is 79.9. The van der Waals surface area contributed by atoms with Crippen molar-refractivity contribution in [2.45, 2.75) is 6.92 Å². The Hall–Kier alpha value is -1.59. The van der Waals surface area contributed by atoms with Gasteiger partial charge in [-0.3, -0.25) is 10.1 Å². The van der Waals surface area contributed by atoms with E-state index in [0.29, 0.717) is 5.75 Å². The SMILES string of the molecule is Cc1ccc(Br)cc1Oc1cccc(Cl)c1[N+](=O)[O-]. The van der Waals surface area contributed by atoms with Gasteiger partial charge in [0.15, 0.2) is 0 Å². The van der Waals surface area contributed by atoms with Crippen LogP contribution in [0, 0.1) is 17.0 Å². The van der Waals surface area contributed by atoms with Crippen molar-refractivity contribution in [3.8, 4) is 11.5 Å². The van der Waals surface area contributed by atoms with Crippen molar-refractivity contribution in [3.63, 3.8) is 0 Å². The second-order valence-corrected chi connectivity index (χ2v) is 5.18. The number of para-hydroxylation sites is 1. The van der Waals surface area contributed by atoms with Gasteiger partial charge >= 0.3 is 5.69 Å². The van der Waals surface area contributed by atoms with E-state index < -0.39 is 4.92 Å². The molecule has 0 saturated carbocycles. The minimum Gasteiger partial charge on any atom is -0.450 e. The maximum atomic E-state index is 11.0. The minimum absolute atomic E-state index is 0.0511. The molecule has 0 atom stereocenters. The molecule has 2 rings (SSSR count). The number of nitro groups is 1. The van der Waals surface area contributed by atoms with Gasteiger partial charge in [-0.25, -0.2) is 0 Å². The van der Waals surface area contributed by atoms with Crippen LogP contribution in [0.15, 0.2) is 40.9 Å². The molecule has 0 aromatic heterocycles. The van der Waals surface area contributed by atoms with Gasteiger partial charge < -0.3 is 4.74 Å². The molecule has 98 valence electrons. The maximum absolute atomic E-state index is 11.0. The fraction of sp³-hybridized carbons (Fsp3) is 0.0769. The van der Waals surface area contributed by atoms with Crippen LogP contribution in [0.3, 0.4) is 0 Å². The standard InChI is InChI=1S/C13H9BrClNO3/c1-8-5-6-9(14)7-12(8)19-11-4-2-3-10(15)13(11)16(17)18/h2-7H,1H3. The highest BCUT2D eigenvalue weighted by Gasteiger charge is 2.20. The van der Waals surface area contributed by atoms with Gasteiger partial charge in [0.25, 0.3) is 0 Å². The predicted octanol–water partition coefficient (Wildman–Crippen LogP) is 5.11. The van der Waals surface area contributed by atoms with Gasteiger partial charge in [0.05, 0.1) is 4.92 Å². The smallest absolute Gasteiger partial charge is 0.329 e. The first kappa shape index (κ1) is 13.8. The van der Waals surface area contributed by atoms with Gasteiger partial charge in [0.2, 0.25) is 5.75 Å². The first-order valence-electron chi connectivity index (χ1n) is 5.36. The lowest BCUT2D eigenvalue weighted by Gasteiger charge is -2.09. The van der Waals surface area contributed by atoms with E-state index in [4.69, 9.17) is 16.3 Å². The summed E-state index contributed by atoms with van der Waals surface area (Å²) in [5, 5.41) is 11.1. The lowest BCUT2D eigenvalue weighted by atomic mass is 10.2. The predicted molar refractivity (Wildman–Crippen MR) is 77.1 cm³/mol. The molecule has 2 aromatic carbocycles. The summed E-state index contributed by atoms with van der Waals surface area (Å²) < 4.78 is 6.44. The number of halogens is 2. The molecule has 6 heteroatoms. The Morgan fingerprint density at radius 1 is 1.26 bits per heavy atom. The van der Waals surface area contributed by atoms with E-state index in [9.17, 15) is 10.1 Å². The van der Waals surface area contributed by atoms with Crippen LogP contribution >= 0.6 is 27.5 Å². The van der Waals surface area contributed by atoms with Crippen molar-refractivity contribution < 1.29 is 9.66 Å². The molecule has 0 heterocycles. The molecule has 0 amide bonds. The summed E-state index contributed by atoms with van der Waals surface area (Å²) in [4.78, 5) is 10.5. The molecule has 0 aliphatic carbocycles. The summed E-state index contributed by atoms with van der Waals surface area (Å²) >= 11 is 9.16. The molecule has 0 fully saturated rings. The Morgan fingerprint density at radius 3 is 2.68 bits per heavy atom. The Labute approximate surface area is 123 Å². The van der Waals surface area contributed by atoms with Crippen LogP contribution in [0.5, 0.6) is 11.5 Å². The number of ether oxygens (including phenoxy) is 1. The van der Waals surface area contributed by atoms with Crippen LogP contribution in [-0.2, 0) is 0 Å². The third-order valence-corrected chi connectivity index (χ3v) is 3.30. The van der Waals surface area contributed by atoms with Crippen molar-refractivity contribution in [2.24, 2.45) is 0 Å². The molecule has 0 saturated heterocycles. The first-order valence-corrected chi connectivity index (χ1v) is 6.53. The van der Waals surface area contributed by atoms with E-state index >= 15 is 0 Å². The molecule has 4 nitrogen and oxygen atoms in total. The monoisotopic (exact) mass is 341 g/mol. The number of nitro benzene ring substituents is 1. The zero-order valence-corrected chi connectivity index (χ0v) is 12.2. The molecule has 0 unspecified atom stereocenters. The Bertz CT molecular complexity index is 646. The topological polar surface area (TPSA) is 52.4 Å². The van der Waals surface area contributed by atoms with Gasteiger partial charge in [0.1, 0.15) is 10.8 Å². The van der Waals surface area contributed by atoms with Crippen molar-refractivity contribution >= 4 is 33.2 Å². The van der Waals surface area contributed by atoms with Crippen LogP contribution in [0.4, 0.5) is 5.69 Å². The summed E-state index contributed by atoms with van der Waals surface area (Å²) in [6.07, 6.45) is 0. The molecular weight excluding hydrogens is 334 g/mol. The Morgan fingerprint density at radius 2 is 2.00 bits per heavy atom. The van der Waals surface area contributed by atoms with E-state index in [1.54, 1.807) is 12.1 Å². The number of benzene rings is 2. The summed E-state index contributed by atoms with van der Waals surface area (Å²) in [6.45, 7) is 1.86. The third kappa shape index (κ3) is 3.05. The fourth-order valence-corrected chi connectivity index (χ4v) is 2.13. The van der Waals surface area contributed by atoms with E-state index in [1.807, 2.05) is 19.1 Å². The molecule has 0 radical (unpaired) electrons. The zero-order valence-electron chi connectivity index (χ0n) is 9.89. The van der Waals surface area contributed by atoms with Gasteiger partial charge in [-0.15, -0.1) is 0 Å². The summed E-state index contributed by atoms with van der Waals surface area (Å²) in [7, 11) is 0. The van der Waals surface area contributed by atoms with E-state index in [2.05, 4.69) is 15.9 Å². The number of hydrogen-bond donors (Lipinski definition) is 0. The average Bonchev–Trinajstić information content (AvgIpc) is 2.33. The van der Waals surface area contributed by atoms with Gasteiger partial charge in [-0.1, -0.05) is 39.7 Å². The second-order valence-electron chi connectivity index (χ2n) is 3.86. The van der Waals surface area contributed by atoms with Crippen molar-refractivity contribution in [1.82, 2.24) is 0 Å². The molecule has 0 spiro atoms. The van der Waals surface area contributed by atoms with E-state index in [-0.39, 0.29) is 16.5 Å². The largest absolute Gasteiger partial charge is 0.450 e. The third-order valence-electron chi connectivity index (χ3n) is 2.50. The number of hydrogen-bond acceptors (Lipinski definition) is 3. The van der Waals surface area contributed by atoms with Crippen LogP contribution in [0.1, 0.15) is 5.56 Å². The quantitative estimate of drug-likeness (QED) is 0.575. The normalized spacial score (nSPS) is 10.3. The van der Waals surface area contributed by atoms with Crippen LogP contribution in [0.2, 0.25) is 5.02 Å². The summed E-state index contributed by atoms with van der Waals surface area (Å²) in [6, 6.07) is 10.1. The molecule has 0 aliphatic heterocycles. The fourth-order valence-electron chi connectivity index (χ4n) is 1.56. The highest BCUT2D eigenvalue weighted by molar-refractivity contribution is 9.10.